The first kappa shape index (κ1) is 21.5. The fourth-order valence-corrected chi connectivity index (χ4v) is 2.89. The maximum atomic E-state index is 14.4. The van der Waals surface area contributed by atoms with Gasteiger partial charge in [-0.15, -0.1) is 0 Å². The fourth-order valence-electron chi connectivity index (χ4n) is 2.89. The third-order valence-electron chi connectivity index (χ3n) is 4.28. The van der Waals surface area contributed by atoms with E-state index >= 15 is 0 Å². The molecule has 0 amide bonds. The largest absolute Gasteiger partial charge is 0.419 e. The predicted octanol–water partition coefficient (Wildman–Crippen LogP) is 3.67. The van der Waals surface area contributed by atoms with Gasteiger partial charge in [0.1, 0.15) is 17.5 Å². The Labute approximate surface area is 169 Å². The maximum absolute atomic E-state index is 14.4. The third kappa shape index (κ3) is 4.69. The van der Waals surface area contributed by atoms with Crippen LogP contribution in [0.25, 0.3) is 0 Å². The van der Waals surface area contributed by atoms with E-state index in [1.165, 1.54) is 22.9 Å². The molecule has 3 aromatic rings. The van der Waals surface area contributed by atoms with Crippen LogP contribution < -0.4 is 16.0 Å². The maximum Gasteiger partial charge on any atom is 0.419 e. The monoisotopic (exact) mass is 424 g/mol. The summed E-state index contributed by atoms with van der Waals surface area (Å²) < 4.78 is 56.4. The standard InChI is InChI=1S/C19H20F4N6O/c1-24-8-11-4-3-5-14(20)18(11)26-15-7-16(25-9-13(15)19(21,22)23)27-17-6-12(10-30)28-29(17)2/h3-7,9,24,30H,8,10H2,1-2H3,(H2,25,26,27). The fraction of sp³-hybridized carbons (Fsp3) is 0.263. The molecule has 7 nitrogen and oxygen atoms in total. The lowest BCUT2D eigenvalue weighted by Crippen LogP contribution is -2.13. The number of aromatic nitrogens is 3. The Morgan fingerprint density at radius 2 is 1.93 bits per heavy atom. The molecule has 0 aliphatic rings. The summed E-state index contributed by atoms with van der Waals surface area (Å²) >= 11 is 0. The molecule has 3 rings (SSSR count). The zero-order chi connectivity index (χ0) is 21.9. The number of halogens is 4. The molecule has 0 fully saturated rings. The minimum atomic E-state index is -4.70. The summed E-state index contributed by atoms with van der Waals surface area (Å²) in [5.41, 5.74) is -0.596. The number of nitrogens with zero attached hydrogens (tertiary/aromatic N) is 3. The van der Waals surface area contributed by atoms with E-state index in [0.717, 1.165) is 6.07 Å². The number of aliphatic hydroxyl groups is 1. The first-order valence-electron chi connectivity index (χ1n) is 8.90. The van der Waals surface area contributed by atoms with Crippen LogP contribution in [-0.2, 0) is 26.4 Å². The molecular weight excluding hydrogens is 404 g/mol. The van der Waals surface area contributed by atoms with Crippen LogP contribution in [0, 0.1) is 5.82 Å². The van der Waals surface area contributed by atoms with E-state index in [1.54, 1.807) is 20.2 Å². The van der Waals surface area contributed by atoms with Crippen molar-refractivity contribution in [2.24, 2.45) is 7.05 Å². The lowest BCUT2D eigenvalue weighted by atomic mass is 10.1. The highest BCUT2D eigenvalue weighted by molar-refractivity contribution is 5.70. The summed E-state index contributed by atoms with van der Waals surface area (Å²) in [6, 6.07) is 6.94. The lowest BCUT2D eigenvalue weighted by molar-refractivity contribution is -0.137. The topological polar surface area (TPSA) is 87.0 Å². The predicted molar refractivity (Wildman–Crippen MR) is 104 cm³/mol. The van der Waals surface area contributed by atoms with E-state index in [0.29, 0.717) is 23.3 Å². The molecule has 0 bridgehead atoms. The molecule has 160 valence electrons. The van der Waals surface area contributed by atoms with Gasteiger partial charge in [-0.25, -0.2) is 9.37 Å². The lowest BCUT2D eigenvalue weighted by Gasteiger charge is -2.18. The number of hydrogen-bond donors (Lipinski definition) is 4. The second-order valence-corrected chi connectivity index (χ2v) is 6.47. The number of aliphatic hydroxyl groups excluding tert-OH is 1. The van der Waals surface area contributed by atoms with Gasteiger partial charge in [-0.05, 0) is 18.7 Å². The van der Waals surface area contributed by atoms with Crippen molar-refractivity contribution in [2.75, 3.05) is 17.7 Å². The van der Waals surface area contributed by atoms with Crippen molar-refractivity contribution in [3.63, 3.8) is 0 Å². The minimum absolute atomic E-state index is 0.0578. The molecule has 4 N–H and O–H groups in total. The normalized spacial score (nSPS) is 11.6. The van der Waals surface area contributed by atoms with Crippen LogP contribution in [0.4, 0.5) is 40.6 Å². The van der Waals surface area contributed by atoms with E-state index < -0.39 is 17.6 Å². The van der Waals surface area contributed by atoms with E-state index in [4.69, 9.17) is 0 Å². The van der Waals surface area contributed by atoms with Gasteiger partial charge >= 0.3 is 6.18 Å². The number of pyridine rings is 1. The van der Waals surface area contributed by atoms with E-state index in [9.17, 15) is 22.7 Å². The van der Waals surface area contributed by atoms with E-state index in [2.05, 4.69) is 26.0 Å². The summed E-state index contributed by atoms with van der Waals surface area (Å²) in [5.74, 6) is -0.176. The second kappa shape index (κ2) is 8.67. The van der Waals surface area contributed by atoms with E-state index in [1.807, 2.05) is 0 Å². The third-order valence-corrected chi connectivity index (χ3v) is 4.28. The summed E-state index contributed by atoms with van der Waals surface area (Å²) in [6.45, 7) is -0.0269. The Bertz CT molecular complexity index is 1030. The number of alkyl halides is 3. The van der Waals surface area contributed by atoms with Crippen molar-refractivity contribution >= 4 is 23.0 Å². The van der Waals surface area contributed by atoms with Crippen LogP contribution in [0.1, 0.15) is 16.8 Å². The molecule has 0 unspecified atom stereocenters. The number of rotatable bonds is 7. The number of hydrogen-bond acceptors (Lipinski definition) is 6. The molecule has 0 aliphatic heterocycles. The minimum Gasteiger partial charge on any atom is -0.390 e. The van der Waals surface area contributed by atoms with Crippen LogP contribution in [0.2, 0.25) is 0 Å². The smallest absolute Gasteiger partial charge is 0.390 e. The number of nitrogens with one attached hydrogen (secondary N) is 3. The van der Waals surface area contributed by atoms with Gasteiger partial charge in [-0.3, -0.25) is 4.68 Å². The van der Waals surface area contributed by atoms with Crippen molar-refractivity contribution < 1.29 is 22.7 Å². The summed E-state index contributed by atoms with van der Waals surface area (Å²) in [7, 11) is 3.26. The molecule has 30 heavy (non-hydrogen) atoms. The van der Waals surface area contributed by atoms with Crippen LogP contribution >= 0.6 is 0 Å². The quantitative estimate of drug-likeness (QED) is 0.433. The molecule has 2 heterocycles. The highest BCUT2D eigenvalue weighted by atomic mass is 19.4. The SMILES string of the molecule is CNCc1cccc(F)c1Nc1cc(Nc2cc(CO)nn2C)ncc1C(F)(F)F. The van der Waals surface area contributed by atoms with Gasteiger partial charge in [0.2, 0.25) is 0 Å². The number of para-hydroxylation sites is 1. The van der Waals surface area contributed by atoms with Gasteiger partial charge in [0.05, 0.1) is 29.2 Å². The van der Waals surface area contributed by atoms with Gasteiger partial charge in [0.25, 0.3) is 0 Å². The van der Waals surface area contributed by atoms with Crippen LogP contribution in [-0.4, -0.2) is 26.9 Å². The zero-order valence-electron chi connectivity index (χ0n) is 16.2. The molecule has 2 aromatic heterocycles. The average Bonchev–Trinajstić information content (AvgIpc) is 3.03. The number of aryl methyl sites for hydroxylation is 1. The van der Waals surface area contributed by atoms with Gasteiger partial charge in [-0.2, -0.15) is 18.3 Å². The Kier molecular flexibility index (Phi) is 6.22. The number of benzene rings is 1. The van der Waals surface area contributed by atoms with Crippen LogP contribution in [0.3, 0.4) is 0 Å². The van der Waals surface area contributed by atoms with Crippen molar-refractivity contribution in [2.45, 2.75) is 19.3 Å². The van der Waals surface area contributed by atoms with Crippen molar-refractivity contribution in [1.82, 2.24) is 20.1 Å². The van der Waals surface area contributed by atoms with Crippen molar-refractivity contribution in [3.05, 3.63) is 59.2 Å². The number of anilines is 4. The molecule has 0 radical (unpaired) electrons. The molecule has 0 spiro atoms. The zero-order valence-corrected chi connectivity index (χ0v) is 16.2. The molecular formula is C19H20F4N6O. The van der Waals surface area contributed by atoms with E-state index in [-0.39, 0.29) is 30.3 Å². The molecule has 0 atom stereocenters. The van der Waals surface area contributed by atoms with Gasteiger partial charge in [0, 0.05) is 31.9 Å². The Morgan fingerprint density at radius 3 is 2.57 bits per heavy atom. The average molecular weight is 424 g/mol. The molecule has 0 saturated carbocycles. The summed E-state index contributed by atoms with van der Waals surface area (Å²) in [4.78, 5) is 3.82. The highest BCUT2D eigenvalue weighted by Gasteiger charge is 2.34. The van der Waals surface area contributed by atoms with Crippen molar-refractivity contribution in [1.29, 1.82) is 0 Å². The second-order valence-electron chi connectivity index (χ2n) is 6.47. The molecule has 0 aliphatic carbocycles. The Morgan fingerprint density at radius 1 is 1.17 bits per heavy atom. The van der Waals surface area contributed by atoms with Gasteiger partial charge in [-0.1, -0.05) is 12.1 Å². The Balaban J connectivity index is 2.02. The van der Waals surface area contributed by atoms with Gasteiger partial charge in [0.15, 0.2) is 0 Å². The Hall–Kier alpha value is -3.18. The highest BCUT2D eigenvalue weighted by Crippen LogP contribution is 2.38. The summed E-state index contributed by atoms with van der Waals surface area (Å²) in [6.07, 6.45) is -4.02. The summed E-state index contributed by atoms with van der Waals surface area (Å²) in [5, 5.41) is 21.5. The van der Waals surface area contributed by atoms with Crippen LogP contribution in [0.5, 0.6) is 0 Å². The molecule has 11 heteroatoms. The first-order valence-corrected chi connectivity index (χ1v) is 8.90. The molecule has 0 saturated heterocycles. The van der Waals surface area contributed by atoms with Crippen molar-refractivity contribution in [3.8, 4) is 0 Å². The molecule has 1 aromatic carbocycles. The van der Waals surface area contributed by atoms with Gasteiger partial charge < -0.3 is 21.1 Å². The van der Waals surface area contributed by atoms with Crippen LogP contribution in [0.15, 0.2) is 36.5 Å². The first-order chi connectivity index (χ1) is 14.2.